The second kappa shape index (κ2) is 2.64. The van der Waals surface area contributed by atoms with Crippen LogP contribution >= 0.6 is 0 Å². The van der Waals surface area contributed by atoms with Gasteiger partial charge in [-0.05, 0) is 0 Å². The molecule has 0 unspecified atom stereocenters. The van der Waals surface area contributed by atoms with Crippen LogP contribution in [-0.4, -0.2) is 29.7 Å². The number of carbonyl (C=O) groups excluding carboxylic acids is 2. The third kappa shape index (κ3) is 1.23. The molecule has 0 radical (unpaired) electrons. The van der Waals surface area contributed by atoms with Gasteiger partial charge in [0.15, 0.2) is 0 Å². The fourth-order valence-electron chi connectivity index (χ4n) is 0.867. The molecule has 0 saturated carbocycles. The van der Waals surface area contributed by atoms with E-state index in [-0.39, 0.29) is 11.7 Å². The minimum absolute atomic E-state index is 0.384. The molecule has 0 fully saturated rings. The summed E-state index contributed by atoms with van der Waals surface area (Å²) in [5, 5.41) is 0. The molecule has 1 amide bonds. The smallest absolute Gasteiger partial charge is 0.290 e. The molecule has 0 aliphatic carbocycles. The Kier molecular flexibility index (Phi) is 1.85. The monoisotopic (exact) mass is 139 g/mol. The van der Waals surface area contributed by atoms with E-state index >= 15 is 0 Å². The molecular formula is C7H9NO2. The van der Waals surface area contributed by atoms with Crippen molar-refractivity contribution in [3.05, 3.63) is 12.2 Å². The first-order valence-electron chi connectivity index (χ1n) is 3.16. The van der Waals surface area contributed by atoms with Crippen molar-refractivity contribution in [1.82, 2.24) is 4.90 Å². The van der Waals surface area contributed by atoms with Gasteiger partial charge in [-0.3, -0.25) is 9.59 Å². The molecule has 0 saturated heterocycles. The zero-order valence-corrected chi connectivity index (χ0v) is 5.83. The fraction of sp³-hybridized carbons (Fsp3) is 0.429. The topological polar surface area (TPSA) is 37.4 Å². The Labute approximate surface area is 59.3 Å². The largest absolute Gasteiger partial charge is 0.329 e. The highest BCUT2D eigenvalue weighted by atomic mass is 16.2. The van der Waals surface area contributed by atoms with Crippen LogP contribution in [0.4, 0.5) is 0 Å². The number of amides is 1. The first kappa shape index (κ1) is 6.99. The van der Waals surface area contributed by atoms with Gasteiger partial charge in [0.1, 0.15) is 0 Å². The molecule has 1 aliphatic heterocycles. The van der Waals surface area contributed by atoms with Crippen LogP contribution in [0.1, 0.15) is 6.92 Å². The number of hydrogen-bond donors (Lipinski definition) is 0. The molecule has 0 bridgehead atoms. The maximum Gasteiger partial charge on any atom is 0.290 e. The highest BCUT2D eigenvalue weighted by Gasteiger charge is 2.17. The van der Waals surface area contributed by atoms with Crippen molar-refractivity contribution in [1.29, 1.82) is 0 Å². The van der Waals surface area contributed by atoms with E-state index in [9.17, 15) is 9.59 Å². The molecule has 0 aromatic rings. The van der Waals surface area contributed by atoms with Crippen LogP contribution in [0.2, 0.25) is 0 Å². The molecule has 1 aliphatic rings. The van der Waals surface area contributed by atoms with E-state index in [1.165, 1.54) is 11.8 Å². The number of hydrogen-bond acceptors (Lipinski definition) is 2. The van der Waals surface area contributed by atoms with Crippen molar-refractivity contribution >= 4 is 11.7 Å². The Morgan fingerprint density at radius 2 is 1.80 bits per heavy atom. The minimum atomic E-state index is -0.385. The lowest BCUT2D eigenvalue weighted by Gasteiger charge is -2.11. The molecule has 0 aromatic heterocycles. The van der Waals surface area contributed by atoms with Crippen molar-refractivity contribution in [2.75, 3.05) is 13.1 Å². The van der Waals surface area contributed by atoms with E-state index in [4.69, 9.17) is 0 Å². The Morgan fingerprint density at radius 3 is 2.20 bits per heavy atom. The van der Waals surface area contributed by atoms with E-state index in [1.807, 2.05) is 12.2 Å². The molecule has 1 rings (SSSR count). The lowest BCUT2D eigenvalue weighted by atomic mass is 10.4. The second-order valence-electron chi connectivity index (χ2n) is 2.24. The molecule has 0 N–H and O–H groups in total. The first-order valence-corrected chi connectivity index (χ1v) is 3.16. The van der Waals surface area contributed by atoms with Gasteiger partial charge in [-0.15, -0.1) is 0 Å². The summed E-state index contributed by atoms with van der Waals surface area (Å²) in [6.45, 7) is 2.46. The zero-order valence-electron chi connectivity index (χ0n) is 5.83. The van der Waals surface area contributed by atoms with Crippen LogP contribution in [0.15, 0.2) is 12.2 Å². The minimum Gasteiger partial charge on any atom is -0.329 e. The van der Waals surface area contributed by atoms with Crippen molar-refractivity contribution in [2.24, 2.45) is 0 Å². The lowest BCUT2D eigenvalue weighted by molar-refractivity contribution is -0.142. The highest BCUT2D eigenvalue weighted by molar-refractivity contribution is 6.35. The molecule has 3 nitrogen and oxygen atoms in total. The Bertz CT molecular complexity index is 188. The van der Waals surface area contributed by atoms with Crippen LogP contribution < -0.4 is 0 Å². The fourth-order valence-corrected chi connectivity index (χ4v) is 0.867. The molecule has 0 aromatic carbocycles. The number of rotatable bonds is 1. The van der Waals surface area contributed by atoms with Gasteiger partial charge < -0.3 is 4.90 Å². The first-order chi connectivity index (χ1) is 4.72. The Hall–Kier alpha value is -1.12. The van der Waals surface area contributed by atoms with Crippen molar-refractivity contribution in [3.8, 4) is 0 Å². The quantitative estimate of drug-likeness (QED) is 0.378. The van der Waals surface area contributed by atoms with Gasteiger partial charge in [0.05, 0.1) is 0 Å². The maximum absolute atomic E-state index is 10.9. The highest BCUT2D eigenvalue weighted by Crippen LogP contribution is 1.98. The van der Waals surface area contributed by atoms with Crippen molar-refractivity contribution in [3.63, 3.8) is 0 Å². The molecule has 1 heterocycles. The third-order valence-corrected chi connectivity index (χ3v) is 1.41. The summed E-state index contributed by atoms with van der Waals surface area (Å²) >= 11 is 0. The summed E-state index contributed by atoms with van der Waals surface area (Å²) in [5.41, 5.74) is 0. The van der Waals surface area contributed by atoms with E-state index < -0.39 is 0 Å². The van der Waals surface area contributed by atoms with Gasteiger partial charge in [0, 0.05) is 20.0 Å². The Balaban J connectivity index is 2.50. The van der Waals surface area contributed by atoms with E-state index in [2.05, 4.69) is 0 Å². The average Bonchev–Trinajstić information content (AvgIpc) is 2.36. The van der Waals surface area contributed by atoms with E-state index in [1.54, 1.807) is 0 Å². The van der Waals surface area contributed by atoms with Crippen LogP contribution in [0.25, 0.3) is 0 Å². The van der Waals surface area contributed by atoms with Crippen LogP contribution in [-0.2, 0) is 9.59 Å². The summed E-state index contributed by atoms with van der Waals surface area (Å²) in [6, 6.07) is 0. The molecule has 0 spiro atoms. The SMILES string of the molecule is CC(=O)C(=O)N1CC=CC1. The number of ketones is 1. The van der Waals surface area contributed by atoms with Crippen LogP contribution in [0, 0.1) is 0 Å². The van der Waals surface area contributed by atoms with Crippen LogP contribution in [0.5, 0.6) is 0 Å². The van der Waals surface area contributed by atoms with Gasteiger partial charge in [0.2, 0.25) is 5.78 Å². The molecule has 10 heavy (non-hydrogen) atoms. The van der Waals surface area contributed by atoms with Gasteiger partial charge >= 0.3 is 0 Å². The summed E-state index contributed by atoms with van der Waals surface area (Å²) in [7, 11) is 0. The van der Waals surface area contributed by atoms with Gasteiger partial charge in [-0.1, -0.05) is 12.2 Å². The molecule has 0 atom stereocenters. The Morgan fingerprint density at radius 1 is 1.30 bits per heavy atom. The maximum atomic E-state index is 10.9. The van der Waals surface area contributed by atoms with E-state index in [0.29, 0.717) is 13.1 Å². The van der Waals surface area contributed by atoms with Crippen molar-refractivity contribution in [2.45, 2.75) is 6.92 Å². The van der Waals surface area contributed by atoms with Crippen molar-refractivity contribution < 1.29 is 9.59 Å². The van der Waals surface area contributed by atoms with Gasteiger partial charge in [-0.2, -0.15) is 0 Å². The number of nitrogens with zero attached hydrogens (tertiary/aromatic N) is 1. The third-order valence-electron chi connectivity index (χ3n) is 1.41. The lowest BCUT2D eigenvalue weighted by Crippen LogP contribution is -2.32. The normalized spacial score (nSPS) is 15.9. The number of carbonyl (C=O) groups is 2. The molecular weight excluding hydrogens is 130 g/mol. The zero-order chi connectivity index (χ0) is 7.56. The standard InChI is InChI=1S/C7H9NO2/c1-6(9)7(10)8-4-2-3-5-8/h2-3H,4-5H2,1H3. The second-order valence-corrected chi connectivity index (χ2v) is 2.24. The van der Waals surface area contributed by atoms with E-state index in [0.717, 1.165) is 0 Å². The van der Waals surface area contributed by atoms with Gasteiger partial charge in [-0.25, -0.2) is 0 Å². The molecule has 3 heteroatoms. The average molecular weight is 139 g/mol. The predicted octanol–water partition coefficient (Wildman–Crippen LogP) is -0.0262. The summed E-state index contributed by atoms with van der Waals surface area (Å²) in [5.74, 6) is -0.770. The van der Waals surface area contributed by atoms with Gasteiger partial charge in [0.25, 0.3) is 5.91 Å². The molecule has 54 valence electrons. The number of Topliss-reactive ketones (excluding diaryl/α,β-unsaturated/α-hetero) is 1. The summed E-state index contributed by atoms with van der Waals surface area (Å²) < 4.78 is 0. The van der Waals surface area contributed by atoms with Crippen LogP contribution in [0.3, 0.4) is 0 Å². The summed E-state index contributed by atoms with van der Waals surface area (Å²) in [6.07, 6.45) is 3.75. The predicted molar refractivity (Wildman–Crippen MR) is 36.4 cm³/mol. The summed E-state index contributed by atoms with van der Waals surface area (Å²) in [4.78, 5) is 22.9.